The molecule has 2 aromatic carbocycles. The summed E-state index contributed by atoms with van der Waals surface area (Å²) >= 11 is 0. The van der Waals surface area contributed by atoms with E-state index in [9.17, 15) is 9.59 Å². The minimum atomic E-state index is 0.0659. The van der Waals surface area contributed by atoms with Gasteiger partial charge >= 0.3 is 0 Å². The van der Waals surface area contributed by atoms with Gasteiger partial charge in [-0.1, -0.05) is 36.4 Å². The lowest BCUT2D eigenvalue weighted by molar-refractivity contribution is -0.139. The molecule has 0 bridgehead atoms. The monoisotopic (exact) mass is 355 g/mol. The van der Waals surface area contributed by atoms with Crippen LogP contribution in [0.15, 0.2) is 42.5 Å². The van der Waals surface area contributed by atoms with Crippen molar-refractivity contribution in [3.8, 4) is 5.75 Å². The Kier molecular flexibility index (Phi) is 6.07. The van der Waals surface area contributed by atoms with Crippen LogP contribution in [0, 0.1) is 0 Å². The smallest absolute Gasteiger partial charge is 0.226 e. The number of hydrogen-bond acceptors (Lipinski definition) is 4. The molecule has 0 unspecified atom stereocenters. The van der Waals surface area contributed by atoms with E-state index in [1.54, 1.807) is 9.80 Å². The van der Waals surface area contributed by atoms with Crippen molar-refractivity contribution in [2.45, 2.75) is 12.8 Å². The Morgan fingerprint density at radius 1 is 0.885 bits per heavy atom. The van der Waals surface area contributed by atoms with E-state index in [4.69, 9.17) is 10.5 Å². The van der Waals surface area contributed by atoms with Crippen molar-refractivity contribution >= 4 is 22.6 Å². The first-order chi connectivity index (χ1) is 12.7. The van der Waals surface area contributed by atoms with Gasteiger partial charge in [0.05, 0.1) is 13.0 Å². The third-order valence-corrected chi connectivity index (χ3v) is 4.67. The fraction of sp³-hybridized carbons (Fsp3) is 0.400. The third kappa shape index (κ3) is 4.32. The second kappa shape index (κ2) is 8.67. The molecule has 0 saturated carbocycles. The average Bonchev–Trinajstić information content (AvgIpc) is 2.68. The first kappa shape index (κ1) is 18.2. The Morgan fingerprint density at radius 3 is 2.19 bits per heavy atom. The molecule has 1 heterocycles. The summed E-state index contributed by atoms with van der Waals surface area (Å²) < 4.78 is 5.85. The van der Waals surface area contributed by atoms with Gasteiger partial charge in [0.25, 0.3) is 0 Å². The molecule has 0 atom stereocenters. The van der Waals surface area contributed by atoms with Crippen LogP contribution in [0.2, 0.25) is 0 Å². The van der Waals surface area contributed by atoms with Crippen LogP contribution in [0.1, 0.15) is 12.8 Å². The zero-order valence-corrected chi connectivity index (χ0v) is 14.9. The van der Waals surface area contributed by atoms with E-state index in [1.165, 1.54) is 0 Å². The van der Waals surface area contributed by atoms with Crippen LogP contribution in [0.5, 0.6) is 5.75 Å². The zero-order chi connectivity index (χ0) is 18.4. The molecule has 6 heteroatoms. The molecule has 1 saturated heterocycles. The van der Waals surface area contributed by atoms with Crippen LogP contribution in [-0.2, 0) is 9.59 Å². The molecular formula is C20H25N3O3. The lowest BCUT2D eigenvalue weighted by Gasteiger charge is -2.34. The van der Waals surface area contributed by atoms with Crippen LogP contribution in [0.4, 0.5) is 0 Å². The maximum absolute atomic E-state index is 12.4. The summed E-state index contributed by atoms with van der Waals surface area (Å²) in [4.78, 5) is 27.8. The summed E-state index contributed by atoms with van der Waals surface area (Å²) in [6, 6.07) is 14.0. The van der Waals surface area contributed by atoms with E-state index in [1.807, 2.05) is 42.5 Å². The maximum Gasteiger partial charge on any atom is 0.226 e. The highest BCUT2D eigenvalue weighted by molar-refractivity contribution is 5.88. The number of nitrogens with two attached hydrogens (primary N) is 1. The Labute approximate surface area is 153 Å². The van der Waals surface area contributed by atoms with Gasteiger partial charge < -0.3 is 20.3 Å². The fourth-order valence-corrected chi connectivity index (χ4v) is 3.21. The number of hydrogen-bond donors (Lipinski definition) is 1. The Balaban J connectivity index is 1.47. The van der Waals surface area contributed by atoms with Gasteiger partial charge in [-0.2, -0.15) is 0 Å². The van der Waals surface area contributed by atoms with Crippen molar-refractivity contribution < 1.29 is 14.3 Å². The molecule has 3 rings (SSSR count). The van der Waals surface area contributed by atoms with Gasteiger partial charge in [0.2, 0.25) is 11.8 Å². The van der Waals surface area contributed by atoms with Crippen LogP contribution in [0.25, 0.3) is 10.8 Å². The van der Waals surface area contributed by atoms with Crippen molar-refractivity contribution in [1.82, 2.24) is 9.80 Å². The van der Waals surface area contributed by atoms with E-state index in [-0.39, 0.29) is 11.8 Å². The summed E-state index contributed by atoms with van der Waals surface area (Å²) in [5.74, 6) is 0.933. The summed E-state index contributed by atoms with van der Waals surface area (Å²) in [5.41, 5.74) is 5.42. The van der Waals surface area contributed by atoms with E-state index in [0.29, 0.717) is 52.2 Å². The molecule has 2 aromatic rings. The van der Waals surface area contributed by atoms with Crippen LogP contribution in [0.3, 0.4) is 0 Å². The Morgan fingerprint density at radius 2 is 1.50 bits per heavy atom. The van der Waals surface area contributed by atoms with Gasteiger partial charge in [-0.3, -0.25) is 9.59 Å². The first-order valence-corrected chi connectivity index (χ1v) is 9.05. The standard InChI is InChI=1S/C20H25N3O3/c21-10-8-19(24)22-11-13-23(14-12-22)20(25)9-15-26-18-7-3-5-16-4-1-2-6-17(16)18/h1-7H,8-15,21H2. The molecule has 26 heavy (non-hydrogen) atoms. The van der Waals surface area contributed by atoms with Gasteiger partial charge in [0.15, 0.2) is 0 Å². The quantitative estimate of drug-likeness (QED) is 0.854. The summed E-state index contributed by atoms with van der Waals surface area (Å²) in [6.07, 6.45) is 0.701. The van der Waals surface area contributed by atoms with Crippen LogP contribution < -0.4 is 10.5 Å². The molecule has 0 radical (unpaired) electrons. The van der Waals surface area contributed by atoms with E-state index >= 15 is 0 Å². The van der Waals surface area contributed by atoms with Gasteiger partial charge in [0, 0.05) is 44.5 Å². The molecular weight excluding hydrogens is 330 g/mol. The van der Waals surface area contributed by atoms with Gasteiger partial charge in [-0.15, -0.1) is 0 Å². The number of carbonyl (C=O) groups is 2. The average molecular weight is 355 g/mol. The Bertz CT molecular complexity index is 764. The predicted octanol–water partition coefficient (Wildman–Crippen LogP) is 1.63. The number of ether oxygens (including phenoxy) is 1. The zero-order valence-electron chi connectivity index (χ0n) is 14.9. The van der Waals surface area contributed by atoms with Crippen molar-refractivity contribution in [1.29, 1.82) is 0 Å². The van der Waals surface area contributed by atoms with Crippen molar-refractivity contribution in [2.24, 2.45) is 5.73 Å². The summed E-state index contributed by atoms with van der Waals surface area (Å²) in [6.45, 7) is 3.01. The van der Waals surface area contributed by atoms with Gasteiger partial charge in [0.1, 0.15) is 5.75 Å². The molecule has 6 nitrogen and oxygen atoms in total. The number of benzene rings is 2. The van der Waals surface area contributed by atoms with Crippen LogP contribution >= 0.6 is 0 Å². The fourth-order valence-electron chi connectivity index (χ4n) is 3.21. The lowest BCUT2D eigenvalue weighted by atomic mass is 10.1. The molecule has 1 aliphatic heterocycles. The molecule has 0 aliphatic carbocycles. The van der Waals surface area contributed by atoms with Crippen molar-refractivity contribution in [3.63, 3.8) is 0 Å². The van der Waals surface area contributed by atoms with E-state index < -0.39 is 0 Å². The minimum Gasteiger partial charge on any atom is -0.492 e. The summed E-state index contributed by atoms with van der Waals surface area (Å²) in [5, 5.41) is 2.17. The molecule has 138 valence electrons. The first-order valence-electron chi connectivity index (χ1n) is 9.05. The number of fused-ring (bicyclic) bond motifs is 1. The highest BCUT2D eigenvalue weighted by atomic mass is 16.5. The molecule has 1 aliphatic rings. The lowest BCUT2D eigenvalue weighted by Crippen LogP contribution is -2.51. The largest absolute Gasteiger partial charge is 0.492 e. The second-order valence-corrected chi connectivity index (χ2v) is 6.38. The Hall–Kier alpha value is -2.60. The molecule has 2 amide bonds. The number of rotatable bonds is 6. The number of carbonyl (C=O) groups excluding carboxylic acids is 2. The number of piperazine rings is 1. The third-order valence-electron chi connectivity index (χ3n) is 4.67. The highest BCUT2D eigenvalue weighted by Gasteiger charge is 2.23. The van der Waals surface area contributed by atoms with E-state index in [0.717, 1.165) is 16.5 Å². The molecule has 0 aromatic heterocycles. The normalized spacial score (nSPS) is 14.5. The van der Waals surface area contributed by atoms with E-state index in [2.05, 4.69) is 0 Å². The second-order valence-electron chi connectivity index (χ2n) is 6.38. The topological polar surface area (TPSA) is 75.9 Å². The highest BCUT2D eigenvalue weighted by Crippen LogP contribution is 2.25. The van der Waals surface area contributed by atoms with Crippen molar-refractivity contribution in [3.05, 3.63) is 42.5 Å². The van der Waals surface area contributed by atoms with Crippen molar-refractivity contribution in [2.75, 3.05) is 39.3 Å². The summed E-state index contributed by atoms with van der Waals surface area (Å²) in [7, 11) is 0. The molecule has 2 N–H and O–H groups in total. The SMILES string of the molecule is NCCC(=O)N1CCN(C(=O)CCOc2cccc3ccccc23)CC1. The predicted molar refractivity (Wildman–Crippen MR) is 101 cm³/mol. The minimum absolute atomic E-state index is 0.0659. The van der Waals surface area contributed by atoms with Gasteiger partial charge in [-0.05, 0) is 11.5 Å². The maximum atomic E-state index is 12.4. The molecule has 1 fully saturated rings. The molecule has 0 spiro atoms. The number of nitrogens with zero attached hydrogens (tertiary/aromatic N) is 2. The van der Waals surface area contributed by atoms with Gasteiger partial charge in [-0.25, -0.2) is 0 Å². The number of amides is 2. The van der Waals surface area contributed by atoms with Crippen LogP contribution in [-0.4, -0.2) is 60.9 Å².